The summed E-state index contributed by atoms with van der Waals surface area (Å²) in [4.78, 5) is 26.8. The maximum absolute atomic E-state index is 12.4. The molecule has 2 rings (SSSR count). The van der Waals surface area contributed by atoms with Gasteiger partial charge in [-0.15, -0.1) is 0 Å². The van der Waals surface area contributed by atoms with E-state index in [0.717, 1.165) is 11.0 Å². The van der Waals surface area contributed by atoms with Crippen molar-refractivity contribution in [1.29, 1.82) is 0 Å². The monoisotopic (exact) mass is 298 g/mol. The fourth-order valence-electron chi connectivity index (χ4n) is 1.86. The predicted molar refractivity (Wildman–Crippen MR) is 76.7 cm³/mol. The Hall–Kier alpha value is -1.52. The molecule has 19 heavy (non-hydrogen) atoms. The van der Waals surface area contributed by atoms with E-state index in [1.807, 2.05) is 6.92 Å². The zero-order valence-corrected chi connectivity index (χ0v) is 11.8. The summed E-state index contributed by atoms with van der Waals surface area (Å²) in [5, 5.41) is 0.431. The molecular formula is C13H12Cl2N2O2. The lowest BCUT2D eigenvalue weighted by Gasteiger charge is -2.09. The van der Waals surface area contributed by atoms with E-state index in [9.17, 15) is 9.59 Å². The molecule has 0 saturated carbocycles. The number of hydrogen-bond donors (Lipinski definition) is 1. The van der Waals surface area contributed by atoms with E-state index >= 15 is 0 Å². The van der Waals surface area contributed by atoms with Gasteiger partial charge in [-0.2, -0.15) is 0 Å². The molecule has 1 heterocycles. The summed E-state index contributed by atoms with van der Waals surface area (Å²) in [6, 6.07) is 6.68. The van der Waals surface area contributed by atoms with Crippen LogP contribution in [0.15, 0.2) is 33.9 Å². The fourth-order valence-corrected chi connectivity index (χ4v) is 2.34. The van der Waals surface area contributed by atoms with Gasteiger partial charge in [-0.05, 0) is 18.6 Å². The van der Waals surface area contributed by atoms with Crippen molar-refractivity contribution in [3.05, 3.63) is 60.8 Å². The highest BCUT2D eigenvalue weighted by atomic mass is 35.5. The third kappa shape index (κ3) is 2.60. The Kier molecular flexibility index (Phi) is 4.12. The van der Waals surface area contributed by atoms with E-state index < -0.39 is 11.2 Å². The molecule has 100 valence electrons. The van der Waals surface area contributed by atoms with Crippen molar-refractivity contribution in [1.82, 2.24) is 9.55 Å². The number of rotatable bonds is 3. The minimum absolute atomic E-state index is 0.0974. The van der Waals surface area contributed by atoms with Gasteiger partial charge in [-0.3, -0.25) is 9.78 Å². The molecule has 6 heteroatoms. The molecule has 0 unspecified atom stereocenters. The van der Waals surface area contributed by atoms with Crippen molar-refractivity contribution in [2.45, 2.75) is 19.8 Å². The Labute approximate surface area is 119 Å². The molecule has 0 saturated heterocycles. The molecule has 0 aliphatic rings. The highest BCUT2D eigenvalue weighted by Crippen LogP contribution is 2.17. The topological polar surface area (TPSA) is 54.9 Å². The summed E-state index contributed by atoms with van der Waals surface area (Å²) in [5.41, 5.74) is -0.278. The highest BCUT2D eigenvalue weighted by molar-refractivity contribution is 6.32. The van der Waals surface area contributed by atoms with E-state index in [1.54, 1.807) is 24.3 Å². The Morgan fingerprint density at radius 1 is 1.21 bits per heavy atom. The van der Waals surface area contributed by atoms with E-state index in [2.05, 4.69) is 4.98 Å². The molecule has 0 atom stereocenters. The number of aromatic amines is 1. The lowest BCUT2D eigenvalue weighted by Crippen LogP contribution is -2.36. The van der Waals surface area contributed by atoms with Crippen LogP contribution < -0.4 is 11.2 Å². The second-order valence-corrected chi connectivity index (χ2v) is 4.85. The Bertz CT molecular complexity index is 719. The van der Waals surface area contributed by atoms with Crippen LogP contribution >= 0.6 is 23.2 Å². The average molecular weight is 299 g/mol. The van der Waals surface area contributed by atoms with Crippen LogP contribution in [0, 0.1) is 0 Å². The molecule has 0 aliphatic carbocycles. The fraction of sp³-hybridized carbons (Fsp3) is 0.231. The van der Waals surface area contributed by atoms with Crippen LogP contribution in [0.2, 0.25) is 10.2 Å². The Morgan fingerprint density at radius 3 is 2.53 bits per heavy atom. The molecule has 2 aromatic rings. The molecule has 0 spiro atoms. The first-order valence-electron chi connectivity index (χ1n) is 5.85. The number of aromatic nitrogens is 2. The summed E-state index contributed by atoms with van der Waals surface area (Å²) in [7, 11) is 0. The third-order valence-corrected chi connectivity index (χ3v) is 3.38. The van der Waals surface area contributed by atoms with Crippen LogP contribution in [0.5, 0.6) is 0 Å². The number of H-pyrrole nitrogens is 1. The molecule has 4 nitrogen and oxygen atoms in total. The van der Waals surface area contributed by atoms with Crippen LogP contribution in [-0.2, 0) is 6.42 Å². The summed E-state index contributed by atoms with van der Waals surface area (Å²) in [5.74, 6) is 0. The van der Waals surface area contributed by atoms with Crippen molar-refractivity contribution in [2.24, 2.45) is 0 Å². The molecule has 0 amide bonds. The first kappa shape index (κ1) is 13.9. The number of halogens is 2. The minimum atomic E-state index is -0.594. The lowest BCUT2D eigenvalue weighted by molar-refractivity contribution is 0.812. The molecule has 0 aliphatic heterocycles. The van der Waals surface area contributed by atoms with Crippen molar-refractivity contribution in [3.63, 3.8) is 0 Å². The van der Waals surface area contributed by atoms with Crippen molar-refractivity contribution in [3.8, 4) is 5.69 Å². The predicted octanol–water partition coefficient (Wildman–Crippen LogP) is 2.79. The first-order valence-corrected chi connectivity index (χ1v) is 6.60. The number of hydrogen-bond acceptors (Lipinski definition) is 2. The van der Waals surface area contributed by atoms with Crippen LogP contribution in [0.1, 0.15) is 18.9 Å². The van der Waals surface area contributed by atoms with Gasteiger partial charge in [0.15, 0.2) is 0 Å². The van der Waals surface area contributed by atoms with Crippen LogP contribution in [0.4, 0.5) is 0 Å². The second-order valence-electron chi connectivity index (χ2n) is 4.06. The van der Waals surface area contributed by atoms with Gasteiger partial charge >= 0.3 is 5.69 Å². The van der Waals surface area contributed by atoms with Gasteiger partial charge in [0.25, 0.3) is 5.56 Å². The van der Waals surface area contributed by atoms with Crippen LogP contribution in [0.25, 0.3) is 5.69 Å². The molecule has 1 N–H and O–H groups in total. The van der Waals surface area contributed by atoms with Gasteiger partial charge < -0.3 is 0 Å². The molecule has 0 fully saturated rings. The molecule has 1 aromatic heterocycles. The van der Waals surface area contributed by atoms with Gasteiger partial charge in [-0.25, -0.2) is 9.36 Å². The van der Waals surface area contributed by atoms with Gasteiger partial charge in [0, 0.05) is 0 Å². The second kappa shape index (κ2) is 5.63. The smallest absolute Gasteiger partial charge is 0.297 e. The molecule has 0 radical (unpaired) electrons. The van der Waals surface area contributed by atoms with Gasteiger partial charge in [0.05, 0.1) is 16.3 Å². The van der Waals surface area contributed by atoms with Crippen LogP contribution in [-0.4, -0.2) is 9.55 Å². The third-order valence-electron chi connectivity index (χ3n) is 2.74. The molecule has 0 bridgehead atoms. The lowest BCUT2D eigenvalue weighted by atomic mass is 10.2. The average Bonchev–Trinajstić information content (AvgIpc) is 2.36. The van der Waals surface area contributed by atoms with E-state index in [4.69, 9.17) is 23.2 Å². The zero-order valence-electron chi connectivity index (χ0n) is 10.2. The van der Waals surface area contributed by atoms with Crippen molar-refractivity contribution >= 4 is 23.2 Å². The van der Waals surface area contributed by atoms with Crippen molar-refractivity contribution < 1.29 is 0 Å². The zero-order chi connectivity index (χ0) is 14.0. The van der Waals surface area contributed by atoms with Gasteiger partial charge in [-0.1, -0.05) is 48.7 Å². The molecule has 1 aromatic carbocycles. The number of para-hydroxylation sites is 1. The maximum atomic E-state index is 12.4. The summed E-state index contributed by atoms with van der Waals surface area (Å²) >= 11 is 11.9. The summed E-state index contributed by atoms with van der Waals surface area (Å²) < 4.78 is 1.01. The minimum Gasteiger partial charge on any atom is -0.297 e. The van der Waals surface area contributed by atoms with Gasteiger partial charge in [0.2, 0.25) is 0 Å². The quantitative estimate of drug-likeness (QED) is 0.886. The van der Waals surface area contributed by atoms with Crippen LogP contribution in [0.3, 0.4) is 0 Å². The summed E-state index contributed by atoms with van der Waals surface area (Å²) in [6.07, 6.45) is 1.25. The summed E-state index contributed by atoms with van der Waals surface area (Å²) in [6.45, 7) is 1.93. The number of nitrogens with zero attached hydrogens (tertiary/aromatic N) is 1. The van der Waals surface area contributed by atoms with E-state index in [-0.39, 0.29) is 5.15 Å². The molecular weight excluding hydrogens is 287 g/mol. The highest BCUT2D eigenvalue weighted by Gasteiger charge is 2.14. The Morgan fingerprint density at radius 2 is 1.89 bits per heavy atom. The SMILES string of the molecule is CCCc1c(Cl)[nH]c(=O)n(-c2ccccc2Cl)c1=O. The maximum Gasteiger partial charge on any atom is 0.334 e. The number of benzene rings is 1. The Balaban J connectivity index is 2.78. The largest absolute Gasteiger partial charge is 0.334 e. The van der Waals surface area contributed by atoms with E-state index in [1.165, 1.54) is 0 Å². The van der Waals surface area contributed by atoms with E-state index in [0.29, 0.717) is 22.7 Å². The van der Waals surface area contributed by atoms with Gasteiger partial charge in [0.1, 0.15) is 5.15 Å². The number of nitrogens with one attached hydrogen (secondary N) is 1. The van der Waals surface area contributed by atoms with Crippen molar-refractivity contribution in [2.75, 3.05) is 0 Å². The standard InChI is InChI=1S/C13H12Cl2N2O2/c1-2-5-8-11(15)16-13(19)17(12(8)18)10-7-4-3-6-9(10)14/h3-4,6-7H,2,5H2,1H3,(H,16,19). The normalized spacial score (nSPS) is 10.7. The first-order chi connectivity index (χ1) is 9.06.